The minimum atomic E-state index is -4.75. The van der Waals surface area contributed by atoms with Gasteiger partial charge >= 0.3 is 12.1 Å². The van der Waals surface area contributed by atoms with Crippen LogP contribution in [0.15, 0.2) is 36.4 Å². The summed E-state index contributed by atoms with van der Waals surface area (Å²) in [5, 5.41) is 16.2. The maximum absolute atomic E-state index is 12.8. The number of esters is 1. The van der Waals surface area contributed by atoms with Crippen LogP contribution in [-0.2, 0) is 20.5 Å². The molecule has 0 heterocycles. The van der Waals surface area contributed by atoms with Crippen molar-refractivity contribution in [2.24, 2.45) is 0 Å². The molecule has 1 amide bonds. The van der Waals surface area contributed by atoms with Gasteiger partial charge in [0.05, 0.1) is 10.5 Å². The summed E-state index contributed by atoms with van der Waals surface area (Å²) in [4.78, 5) is 34.3. The lowest BCUT2D eigenvalue weighted by Crippen LogP contribution is -2.31. The Hall–Kier alpha value is -3.63. The monoisotopic (exact) mass is 439 g/mol. The number of amides is 1. The third kappa shape index (κ3) is 6.43. The highest BCUT2D eigenvalue weighted by atomic mass is 19.4. The Morgan fingerprint density at radius 3 is 2.42 bits per heavy atom. The Labute approximate surface area is 175 Å². The average molecular weight is 439 g/mol. The number of nitrogens with one attached hydrogen (secondary N) is 2. The summed E-state index contributed by atoms with van der Waals surface area (Å²) in [6.07, 6.45) is -4.75. The SMILES string of the molecule is Cc1ccc(C)c(NC(=O)COC(=O)[C@@H](C)Nc2ccc(C(F)(F)F)cc2[N+](=O)[O-])c1. The highest BCUT2D eigenvalue weighted by molar-refractivity contribution is 5.94. The van der Waals surface area contributed by atoms with Crippen molar-refractivity contribution in [2.75, 3.05) is 17.2 Å². The number of alkyl halides is 3. The van der Waals surface area contributed by atoms with Crippen LogP contribution in [0.5, 0.6) is 0 Å². The van der Waals surface area contributed by atoms with Crippen molar-refractivity contribution in [2.45, 2.75) is 33.0 Å². The lowest BCUT2D eigenvalue weighted by Gasteiger charge is -2.16. The number of nitrogens with zero attached hydrogens (tertiary/aromatic N) is 1. The molecule has 1 atom stereocenters. The molecule has 0 fully saturated rings. The number of benzene rings is 2. The molecule has 0 saturated carbocycles. The molecule has 31 heavy (non-hydrogen) atoms. The molecule has 166 valence electrons. The molecular weight excluding hydrogens is 419 g/mol. The number of nitro groups is 1. The highest BCUT2D eigenvalue weighted by Crippen LogP contribution is 2.35. The van der Waals surface area contributed by atoms with E-state index in [1.165, 1.54) is 6.92 Å². The molecule has 0 aliphatic heterocycles. The van der Waals surface area contributed by atoms with E-state index < -0.39 is 46.9 Å². The Balaban J connectivity index is 2.00. The van der Waals surface area contributed by atoms with Gasteiger partial charge in [-0.1, -0.05) is 12.1 Å². The van der Waals surface area contributed by atoms with E-state index in [1.807, 2.05) is 19.1 Å². The number of nitro benzene ring substituents is 1. The van der Waals surface area contributed by atoms with Crippen molar-refractivity contribution < 1.29 is 32.4 Å². The van der Waals surface area contributed by atoms with Crippen molar-refractivity contribution in [1.29, 1.82) is 0 Å². The molecule has 0 saturated heterocycles. The van der Waals surface area contributed by atoms with E-state index in [0.717, 1.165) is 17.2 Å². The third-order valence-electron chi connectivity index (χ3n) is 4.26. The fraction of sp³-hybridized carbons (Fsp3) is 0.300. The number of hydrogen-bond donors (Lipinski definition) is 2. The molecule has 0 aliphatic rings. The van der Waals surface area contributed by atoms with Gasteiger partial charge in [0.1, 0.15) is 11.7 Å². The van der Waals surface area contributed by atoms with Gasteiger partial charge in [-0.05, 0) is 50.1 Å². The zero-order valence-electron chi connectivity index (χ0n) is 16.9. The summed E-state index contributed by atoms with van der Waals surface area (Å²) in [6, 6.07) is 6.17. The van der Waals surface area contributed by atoms with Crippen molar-refractivity contribution >= 4 is 28.9 Å². The van der Waals surface area contributed by atoms with Gasteiger partial charge in [-0.25, -0.2) is 4.79 Å². The molecule has 2 rings (SSSR count). The molecule has 11 heteroatoms. The minimum absolute atomic E-state index is 0.290. The second kappa shape index (κ2) is 9.45. The summed E-state index contributed by atoms with van der Waals surface area (Å²) < 4.78 is 43.2. The van der Waals surface area contributed by atoms with E-state index in [2.05, 4.69) is 10.6 Å². The Morgan fingerprint density at radius 2 is 1.81 bits per heavy atom. The maximum Gasteiger partial charge on any atom is 0.416 e. The number of carbonyl (C=O) groups is 2. The van der Waals surface area contributed by atoms with Crippen LogP contribution in [0.1, 0.15) is 23.6 Å². The number of rotatable bonds is 7. The standard InChI is InChI=1S/C20H20F3N3O5/c1-11-4-5-12(2)16(8-11)25-18(27)10-31-19(28)13(3)24-15-7-6-14(20(21,22)23)9-17(15)26(29)30/h4-9,13,24H,10H2,1-3H3,(H,25,27)/t13-/m1/s1. The lowest BCUT2D eigenvalue weighted by molar-refractivity contribution is -0.384. The van der Waals surface area contributed by atoms with Crippen LogP contribution < -0.4 is 10.6 Å². The summed E-state index contributed by atoms with van der Waals surface area (Å²) in [5.41, 5.74) is -0.0242. The molecule has 0 spiro atoms. The lowest BCUT2D eigenvalue weighted by atomic mass is 10.1. The van der Waals surface area contributed by atoms with Crippen LogP contribution in [0.4, 0.5) is 30.2 Å². The molecular formula is C20H20F3N3O5. The van der Waals surface area contributed by atoms with Gasteiger partial charge in [0.15, 0.2) is 6.61 Å². The minimum Gasteiger partial charge on any atom is -0.454 e. The summed E-state index contributed by atoms with van der Waals surface area (Å²) in [5.74, 6) is -1.50. The zero-order chi connectivity index (χ0) is 23.3. The molecule has 2 N–H and O–H groups in total. The molecule has 0 unspecified atom stereocenters. The van der Waals surface area contributed by atoms with Gasteiger partial charge in [-0.2, -0.15) is 13.2 Å². The smallest absolute Gasteiger partial charge is 0.416 e. The summed E-state index contributed by atoms with van der Waals surface area (Å²) in [7, 11) is 0. The van der Waals surface area contributed by atoms with Gasteiger partial charge in [0.25, 0.3) is 11.6 Å². The fourth-order valence-electron chi connectivity index (χ4n) is 2.59. The van der Waals surface area contributed by atoms with E-state index in [0.29, 0.717) is 17.8 Å². The number of halogens is 3. The molecule has 8 nitrogen and oxygen atoms in total. The number of hydrogen-bond acceptors (Lipinski definition) is 6. The highest BCUT2D eigenvalue weighted by Gasteiger charge is 2.33. The Morgan fingerprint density at radius 1 is 1.13 bits per heavy atom. The topological polar surface area (TPSA) is 111 Å². The summed E-state index contributed by atoms with van der Waals surface area (Å²) in [6.45, 7) is 4.34. The predicted molar refractivity (Wildman–Crippen MR) is 107 cm³/mol. The van der Waals surface area contributed by atoms with Crippen LogP contribution in [0.25, 0.3) is 0 Å². The first-order chi connectivity index (χ1) is 14.4. The molecule has 0 aromatic heterocycles. The molecule has 0 bridgehead atoms. The molecule has 0 radical (unpaired) electrons. The van der Waals surface area contributed by atoms with Crippen molar-refractivity contribution in [1.82, 2.24) is 0 Å². The van der Waals surface area contributed by atoms with E-state index in [9.17, 15) is 32.9 Å². The second-order valence-corrected chi connectivity index (χ2v) is 6.83. The average Bonchev–Trinajstić information content (AvgIpc) is 2.68. The van der Waals surface area contributed by atoms with Crippen molar-refractivity contribution in [3.63, 3.8) is 0 Å². The van der Waals surface area contributed by atoms with Crippen LogP contribution in [0.3, 0.4) is 0 Å². The fourth-order valence-corrected chi connectivity index (χ4v) is 2.59. The number of ether oxygens (including phenoxy) is 1. The van der Waals surface area contributed by atoms with Crippen molar-refractivity contribution in [3.8, 4) is 0 Å². The quantitative estimate of drug-likeness (QED) is 0.380. The van der Waals surface area contributed by atoms with Gasteiger partial charge in [-0.3, -0.25) is 14.9 Å². The van der Waals surface area contributed by atoms with Crippen LogP contribution in [-0.4, -0.2) is 29.4 Å². The maximum atomic E-state index is 12.8. The van der Waals surface area contributed by atoms with Crippen LogP contribution in [0, 0.1) is 24.0 Å². The number of anilines is 2. The summed E-state index contributed by atoms with van der Waals surface area (Å²) >= 11 is 0. The molecule has 2 aromatic rings. The first-order valence-corrected chi connectivity index (χ1v) is 9.04. The van der Waals surface area contributed by atoms with Crippen LogP contribution >= 0.6 is 0 Å². The van der Waals surface area contributed by atoms with E-state index in [1.54, 1.807) is 13.0 Å². The first-order valence-electron chi connectivity index (χ1n) is 9.04. The van der Waals surface area contributed by atoms with Gasteiger partial charge < -0.3 is 15.4 Å². The second-order valence-electron chi connectivity index (χ2n) is 6.83. The van der Waals surface area contributed by atoms with E-state index in [-0.39, 0.29) is 5.69 Å². The molecule has 2 aromatic carbocycles. The number of carbonyl (C=O) groups excluding carboxylic acids is 2. The van der Waals surface area contributed by atoms with Gasteiger partial charge in [-0.15, -0.1) is 0 Å². The first kappa shape index (κ1) is 23.6. The van der Waals surface area contributed by atoms with Crippen molar-refractivity contribution in [3.05, 3.63) is 63.2 Å². The van der Waals surface area contributed by atoms with E-state index >= 15 is 0 Å². The largest absolute Gasteiger partial charge is 0.454 e. The third-order valence-corrected chi connectivity index (χ3v) is 4.26. The predicted octanol–water partition coefficient (Wildman–Crippen LogP) is 4.21. The van der Waals surface area contributed by atoms with Gasteiger partial charge in [0, 0.05) is 11.8 Å². The zero-order valence-corrected chi connectivity index (χ0v) is 16.9. The van der Waals surface area contributed by atoms with Gasteiger partial charge in [0.2, 0.25) is 0 Å². The number of aryl methyl sites for hydroxylation is 2. The Bertz CT molecular complexity index is 1010. The molecule has 0 aliphatic carbocycles. The van der Waals surface area contributed by atoms with E-state index in [4.69, 9.17) is 4.74 Å². The van der Waals surface area contributed by atoms with Crippen LogP contribution in [0.2, 0.25) is 0 Å². The normalized spacial score (nSPS) is 12.1. The Kier molecular flexibility index (Phi) is 7.21.